The summed E-state index contributed by atoms with van der Waals surface area (Å²) in [6, 6.07) is 7.52. The van der Waals surface area contributed by atoms with E-state index in [0.29, 0.717) is 11.4 Å². The first-order valence-electron chi connectivity index (χ1n) is 7.91. The Morgan fingerprint density at radius 1 is 1.19 bits per heavy atom. The first kappa shape index (κ1) is 16.5. The molecule has 1 N–H and O–H groups in total. The maximum atomic E-state index is 13.1. The number of nitrogens with zero attached hydrogens (tertiary/aromatic N) is 1. The third-order valence-electron chi connectivity index (χ3n) is 4.10. The van der Waals surface area contributed by atoms with Crippen molar-refractivity contribution in [3.05, 3.63) is 29.8 Å². The molecular weight excluding hydrogens is 284 g/mol. The number of rotatable bonds is 6. The number of sulfonamides is 1. The summed E-state index contributed by atoms with van der Waals surface area (Å²) in [5.41, 5.74) is 0.910. The van der Waals surface area contributed by atoms with Crippen LogP contribution in [0.5, 0.6) is 0 Å². The molecule has 5 heteroatoms. The monoisotopic (exact) mass is 310 g/mol. The van der Waals surface area contributed by atoms with E-state index in [-0.39, 0.29) is 6.04 Å². The smallest absolute Gasteiger partial charge is 0.243 e. The molecule has 2 rings (SSSR count). The largest absolute Gasteiger partial charge is 0.317 e. The number of hydrogen-bond donors (Lipinski definition) is 1. The highest BCUT2D eigenvalue weighted by molar-refractivity contribution is 7.89. The van der Waals surface area contributed by atoms with Gasteiger partial charge in [-0.15, -0.1) is 0 Å². The van der Waals surface area contributed by atoms with Crippen LogP contribution in [0, 0.1) is 0 Å². The van der Waals surface area contributed by atoms with E-state index in [1.54, 1.807) is 10.4 Å². The zero-order valence-corrected chi connectivity index (χ0v) is 13.8. The average molecular weight is 310 g/mol. The van der Waals surface area contributed by atoms with Gasteiger partial charge >= 0.3 is 0 Å². The minimum atomic E-state index is -3.40. The Bertz CT molecular complexity index is 551. The molecule has 1 aromatic rings. The van der Waals surface area contributed by atoms with Crippen molar-refractivity contribution in [1.82, 2.24) is 9.62 Å². The summed E-state index contributed by atoms with van der Waals surface area (Å²) >= 11 is 0. The summed E-state index contributed by atoms with van der Waals surface area (Å²) in [7, 11) is -3.40. The molecule has 0 aliphatic carbocycles. The van der Waals surface area contributed by atoms with Gasteiger partial charge in [0.05, 0.1) is 4.90 Å². The molecule has 0 saturated carbocycles. The van der Waals surface area contributed by atoms with Crippen molar-refractivity contribution < 1.29 is 8.42 Å². The normalized spacial score (nSPS) is 17.3. The molecule has 1 aliphatic rings. The van der Waals surface area contributed by atoms with Gasteiger partial charge < -0.3 is 5.32 Å². The maximum absolute atomic E-state index is 13.1. The minimum Gasteiger partial charge on any atom is -0.317 e. The molecule has 1 fully saturated rings. The van der Waals surface area contributed by atoms with Crippen LogP contribution in [0.4, 0.5) is 0 Å². The lowest BCUT2D eigenvalue weighted by molar-refractivity contribution is 0.262. The van der Waals surface area contributed by atoms with Crippen LogP contribution >= 0.6 is 0 Å². The Morgan fingerprint density at radius 3 is 2.48 bits per heavy atom. The summed E-state index contributed by atoms with van der Waals surface area (Å²) < 4.78 is 28.0. The standard InChI is InChI=1S/C16H26N2O2S/c1-3-13-18(15-9-11-17-12-10-15)21(19,20)16-8-6-5-7-14(16)4-2/h5-8,15,17H,3-4,9-13H2,1-2H3. The lowest BCUT2D eigenvalue weighted by Gasteiger charge is -2.34. The van der Waals surface area contributed by atoms with Gasteiger partial charge in [0, 0.05) is 12.6 Å². The highest BCUT2D eigenvalue weighted by Crippen LogP contribution is 2.25. The Hall–Kier alpha value is -0.910. The fraction of sp³-hybridized carbons (Fsp3) is 0.625. The highest BCUT2D eigenvalue weighted by Gasteiger charge is 2.32. The van der Waals surface area contributed by atoms with Crippen LogP contribution in [-0.4, -0.2) is 38.4 Å². The second-order valence-electron chi connectivity index (χ2n) is 5.56. The first-order chi connectivity index (χ1) is 10.1. The number of nitrogens with one attached hydrogen (secondary N) is 1. The Morgan fingerprint density at radius 2 is 1.86 bits per heavy atom. The van der Waals surface area contributed by atoms with E-state index in [0.717, 1.165) is 44.3 Å². The van der Waals surface area contributed by atoms with E-state index in [9.17, 15) is 8.42 Å². The van der Waals surface area contributed by atoms with Crippen LogP contribution in [0.3, 0.4) is 0 Å². The maximum Gasteiger partial charge on any atom is 0.243 e. The molecule has 21 heavy (non-hydrogen) atoms. The molecule has 0 spiro atoms. The summed E-state index contributed by atoms with van der Waals surface area (Å²) in [6.07, 6.45) is 3.38. The lowest BCUT2D eigenvalue weighted by Crippen LogP contribution is -2.46. The fourth-order valence-corrected chi connectivity index (χ4v) is 5.06. The molecule has 118 valence electrons. The van der Waals surface area contributed by atoms with Crippen LogP contribution < -0.4 is 5.32 Å². The predicted octanol–water partition coefficient (Wildman–Crippen LogP) is 2.40. The Balaban J connectivity index is 2.37. The van der Waals surface area contributed by atoms with E-state index in [4.69, 9.17) is 0 Å². The molecule has 0 unspecified atom stereocenters. The summed E-state index contributed by atoms with van der Waals surface area (Å²) in [6.45, 7) is 6.44. The molecule has 0 aromatic heterocycles. The summed E-state index contributed by atoms with van der Waals surface area (Å²) in [5.74, 6) is 0. The fourth-order valence-electron chi connectivity index (χ4n) is 2.99. The SMILES string of the molecule is CCCN(C1CCNCC1)S(=O)(=O)c1ccccc1CC. The van der Waals surface area contributed by atoms with Gasteiger partial charge in [0.2, 0.25) is 10.0 Å². The van der Waals surface area contributed by atoms with Crippen LogP contribution in [0.25, 0.3) is 0 Å². The van der Waals surface area contributed by atoms with E-state index < -0.39 is 10.0 Å². The van der Waals surface area contributed by atoms with Crippen molar-refractivity contribution in [2.75, 3.05) is 19.6 Å². The third-order valence-corrected chi connectivity index (χ3v) is 6.15. The van der Waals surface area contributed by atoms with E-state index >= 15 is 0 Å². The topological polar surface area (TPSA) is 49.4 Å². The van der Waals surface area contributed by atoms with Crippen molar-refractivity contribution >= 4 is 10.0 Å². The van der Waals surface area contributed by atoms with Crippen LogP contribution in [0.2, 0.25) is 0 Å². The lowest BCUT2D eigenvalue weighted by atomic mass is 10.1. The summed E-state index contributed by atoms with van der Waals surface area (Å²) in [4.78, 5) is 0.486. The number of piperidine rings is 1. The zero-order chi connectivity index (χ0) is 15.3. The highest BCUT2D eigenvalue weighted by atomic mass is 32.2. The Kier molecular flexibility index (Phi) is 5.79. The van der Waals surface area contributed by atoms with Crippen LogP contribution in [0.15, 0.2) is 29.2 Å². The average Bonchev–Trinajstić information content (AvgIpc) is 2.53. The van der Waals surface area contributed by atoms with Gasteiger partial charge in [-0.2, -0.15) is 4.31 Å². The van der Waals surface area contributed by atoms with E-state index in [2.05, 4.69) is 5.32 Å². The van der Waals surface area contributed by atoms with Gasteiger partial charge in [-0.05, 0) is 50.4 Å². The second-order valence-corrected chi connectivity index (χ2v) is 7.42. The van der Waals surface area contributed by atoms with Crippen LogP contribution in [0.1, 0.15) is 38.7 Å². The predicted molar refractivity (Wildman–Crippen MR) is 85.9 cm³/mol. The van der Waals surface area contributed by atoms with Crippen molar-refractivity contribution in [1.29, 1.82) is 0 Å². The molecule has 1 aliphatic heterocycles. The number of hydrogen-bond acceptors (Lipinski definition) is 3. The Labute approximate surface area is 128 Å². The van der Waals surface area contributed by atoms with Crippen molar-refractivity contribution in [2.24, 2.45) is 0 Å². The van der Waals surface area contributed by atoms with Gasteiger partial charge in [-0.3, -0.25) is 0 Å². The molecule has 0 bridgehead atoms. The van der Waals surface area contributed by atoms with Gasteiger partial charge in [-0.1, -0.05) is 32.0 Å². The van der Waals surface area contributed by atoms with Gasteiger partial charge in [0.1, 0.15) is 0 Å². The molecule has 4 nitrogen and oxygen atoms in total. The van der Waals surface area contributed by atoms with E-state index in [1.165, 1.54) is 0 Å². The number of benzene rings is 1. The van der Waals surface area contributed by atoms with Crippen molar-refractivity contribution in [2.45, 2.75) is 50.5 Å². The van der Waals surface area contributed by atoms with Gasteiger partial charge in [0.25, 0.3) is 0 Å². The second kappa shape index (κ2) is 7.38. The van der Waals surface area contributed by atoms with Crippen molar-refractivity contribution in [3.63, 3.8) is 0 Å². The minimum absolute atomic E-state index is 0.126. The quantitative estimate of drug-likeness (QED) is 0.878. The van der Waals surface area contributed by atoms with E-state index in [1.807, 2.05) is 32.0 Å². The summed E-state index contributed by atoms with van der Waals surface area (Å²) in [5, 5.41) is 3.30. The van der Waals surface area contributed by atoms with Crippen molar-refractivity contribution in [3.8, 4) is 0 Å². The molecule has 0 radical (unpaired) electrons. The van der Waals surface area contributed by atoms with Gasteiger partial charge in [0.15, 0.2) is 0 Å². The number of aryl methyl sites for hydroxylation is 1. The third kappa shape index (κ3) is 3.65. The van der Waals surface area contributed by atoms with Crippen LogP contribution in [-0.2, 0) is 16.4 Å². The van der Waals surface area contributed by atoms with Gasteiger partial charge in [-0.25, -0.2) is 8.42 Å². The molecular formula is C16H26N2O2S. The molecule has 0 amide bonds. The molecule has 1 saturated heterocycles. The molecule has 1 heterocycles. The first-order valence-corrected chi connectivity index (χ1v) is 9.35. The molecule has 0 atom stereocenters. The molecule has 1 aromatic carbocycles. The zero-order valence-electron chi connectivity index (χ0n) is 13.0.